The van der Waals surface area contributed by atoms with Crippen LogP contribution in [-0.4, -0.2) is 16.6 Å². The molecule has 0 N–H and O–H groups in total. The van der Waals surface area contributed by atoms with E-state index in [0.29, 0.717) is 6.61 Å². The molecule has 16 heavy (non-hydrogen) atoms. The highest BCUT2D eigenvalue weighted by Crippen LogP contribution is 2.08. The van der Waals surface area contributed by atoms with Crippen LogP contribution in [0.2, 0.25) is 0 Å². The molecule has 1 atom stereocenters. The van der Waals surface area contributed by atoms with Crippen LogP contribution in [0.25, 0.3) is 0 Å². The first-order chi connectivity index (χ1) is 7.81. The zero-order valence-electron chi connectivity index (χ0n) is 11.0. The van der Waals surface area contributed by atoms with Gasteiger partial charge in [0, 0.05) is 5.75 Å². The summed E-state index contributed by atoms with van der Waals surface area (Å²) in [6.07, 6.45) is 11.2. The predicted molar refractivity (Wildman–Crippen MR) is 71.9 cm³/mol. The van der Waals surface area contributed by atoms with Gasteiger partial charge < -0.3 is 0 Å². The van der Waals surface area contributed by atoms with E-state index in [9.17, 15) is 4.21 Å². The van der Waals surface area contributed by atoms with Crippen molar-refractivity contribution in [2.24, 2.45) is 0 Å². The third-order valence-corrected chi connectivity index (χ3v) is 3.64. The third-order valence-electron chi connectivity index (χ3n) is 2.58. The molecule has 0 aromatic heterocycles. The summed E-state index contributed by atoms with van der Waals surface area (Å²) in [6, 6.07) is 0. The van der Waals surface area contributed by atoms with Crippen molar-refractivity contribution in [1.29, 1.82) is 0 Å². The van der Waals surface area contributed by atoms with E-state index in [0.717, 1.165) is 18.6 Å². The van der Waals surface area contributed by atoms with Crippen molar-refractivity contribution in [1.82, 2.24) is 0 Å². The molecule has 0 aromatic rings. The second-order valence-corrected chi connectivity index (χ2v) is 5.56. The van der Waals surface area contributed by atoms with Crippen LogP contribution in [-0.2, 0) is 15.3 Å². The third kappa shape index (κ3) is 12.2. The van der Waals surface area contributed by atoms with E-state index >= 15 is 0 Å². The minimum absolute atomic E-state index is 0.629. The molecule has 0 saturated carbocycles. The first-order valence-corrected chi connectivity index (χ1v) is 8.07. The summed E-state index contributed by atoms with van der Waals surface area (Å²) < 4.78 is 16.4. The molecule has 0 saturated heterocycles. The predicted octanol–water partition coefficient (Wildman–Crippen LogP) is 4.22. The second-order valence-electron chi connectivity index (χ2n) is 4.30. The van der Waals surface area contributed by atoms with Crippen LogP contribution in [0.1, 0.15) is 71.6 Å². The molecule has 0 aliphatic rings. The van der Waals surface area contributed by atoms with E-state index in [1.807, 2.05) is 6.92 Å². The molecule has 0 fully saturated rings. The maximum Gasteiger partial charge on any atom is 0.155 e. The SMILES string of the molecule is CCCCCCCCCCS(=O)OCCC. The largest absolute Gasteiger partial charge is 0.291 e. The summed E-state index contributed by atoms with van der Waals surface area (Å²) in [6.45, 7) is 4.91. The summed E-state index contributed by atoms with van der Waals surface area (Å²) in [5.41, 5.74) is 0. The van der Waals surface area contributed by atoms with Crippen LogP contribution >= 0.6 is 0 Å². The van der Waals surface area contributed by atoms with Crippen LogP contribution in [0.15, 0.2) is 0 Å². The lowest BCUT2D eigenvalue weighted by Crippen LogP contribution is -2.03. The van der Waals surface area contributed by atoms with Gasteiger partial charge in [-0.05, 0) is 12.8 Å². The van der Waals surface area contributed by atoms with Crippen molar-refractivity contribution in [3.63, 3.8) is 0 Å². The van der Waals surface area contributed by atoms with Gasteiger partial charge >= 0.3 is 0 Å². The molecular weight excluding hydrogens is 220 g/mol. The van der Waals surface area contributed by atoms with Crippen LogP contribution < -0.4 is 0 Å². The van der Waals surface area contributed by atoms with Crippen molar-refractivity contribution < 1.29 is 8.39 Å². The molecule has 0 spiro atoms. The lowest BCUT2D eigenvalue weighted by Gasteiger charge is -2.02. The van der Waals surface area contributed by atoms with Crippen LogP contribution in [0.3, 0.4) is 0 Å². The average molecular weight is 248 g/mol. The van der Waals surface area contributed by atoms with E-state index < -0.39 is 11.1 Å². The lowest BCUT2D eigenvalue weighted by atomic mass is 10.1. The molecule has 0 radical (unpaired) electrons. The fourth-order valence-electron chi connectivity index (χ4n) is 1.59. The summed E-state index contributed by atoms with van der Waals surface area (Å²) in [5.74, 6) is 0.717. The summed E-state index contributed by atoms with van der Waals surface area (Å²) in [5, 5.41) is 0. The van der Waals surface area contributed by atoms with E-state index in [4.69, 9.17) is 4.18 Å². The smallest absolute Gasteiger partial charge is 0.155 e. The van der Waals surface area contributed by atoms with E-state index in [-0.39, 0.29) is 0 Å². The zero-order valence-corrected chi connectivity index (χ0v) is 11.8. The summed E-state index contributed by atoms with van der Waals surface area (Å²) in [4.78, 5) is 0. The molecular formula is C13H28O2S. The highest BCUT2D eigenvalue weighted by molar-refractivity contribution is 7.80. The van der Waals surface area contributed by atoms with Gasteiger partial charge in [-0.2, -0.15) is 0 Å². The minimum atomic E-state index is -1.03. The molecule has 3 heteroatoms. The van der Waals surface area contributed by atoms with Gasteiger partial charge in [-0.1, -0.05) is 58.8 Å². The highest BCUT2D eigenvalue weighted by Gasteiger charge is 1.99. The standard InChI is InChI=1S/C13H28O2S/c1-3-5-6-7-8-9-10-11-13-16(14)15-12-4-2/h3-13H2,1-2H3. The quantitative estimate of drug-likeness (QED) is 0.483. The second kappa shape index (κ2) is 13.2. The number of hydrogen-bond acceptors (Lipinski definition) is 2. The van der Waals surface area contributed by atoms with Crippen LogP contribution in [0.5, 0.6) is 0 Å². The van der Waals surface area contributed by atoms with Gasteiger partial charge in [0.2, 0.25) is 0 Å². The molecule has 0 heterocycles. The molecule has 2 nitrogen and oxygen atoms in total. The Balaban J connectivity index is 3.05. The maximum absolute atomic E-state index is 11.3. The van der Waals surface area contributed by atoms with Crippen LogP contribution in [0.4, 0.5) is 0 Å². The summed E-state index contributed by atoms with van der Waals surface area (Å²) in [7, 11) is 0. The Bertz CT molecular complexity index is 160. The van der Waals surface area contributed by atoms with E-state index in [2.05, 4.69) is 6.92 Å². The maximum atomic E-state index is 11.3. The van der Waals surface area contributed by atoms with Gasteiger partial charge in [0.05, 0.1) is 6.61 Å². The van der Waals surface area contributed by atoms with Crippen molar-refractivity contribution >= 4 is 11.1 Å². The molecule has 1 unspecified atom stereocenters. The Labute approximate surface area is 104 Å². The van der Waals surface area contributed by atoms with E-state index in [1.54, 1.807) is 0 Å². The Morgan fingerprint density at radius 2 is 1.38 bits per heavy atom. The van der Waals surface area contributed by atoms with Crippen molar-refractivity contribution in [3.05, 3.63) is 0 Å². The Morgan fingerprint density at radius 1 is 0.812 bits per heavy atom. The average Bonchev–Trinajstić information content (AvgIpc) is 2.30. The van der Waals surface area contributed by atoms with Gasteiger partial charge in [-0.3, -0.25) is 4.18 Å². The molecule has 0 amide bonds. The highest BCUT2D eigenvalue weighted by atomic mass is 32.2. The van der Waals surface area contributed by atoms with Gasteiger partial charge in [0.15, 0.2) is 11.1 Å². The Morgan fingerprint density at radius 3 is 1.94 bits per heavy atom. The van der Waals surface area contributed by atoms with Gasteiger partial charge in [-0.15, -0.1) is 0 Å². The van der Waals surface area contributed by atoms with Crippen molar-refractivity contribution in [2.75, 3.05) is 12.4 Å². The molecule has 0 rings (SSSR count). The first kappa shape index (κ1) is 16.1. The number of rotatable bonds is 12. The molecule has 0 aromatic carbocycles. The molecule has 0 bridgehead atoms. The molecule has 0 aliphatic heterocycles. The van der Waals surface area contributed by atoms with Crippen molar-refractivity contribution in [3.8, 4) is 0 Å². The van der Waals surface area contributed by atoms with Gasteiger partial charge in [0.25, 0.3) is 0 Å². The Hall–Kier alpha value is 0.110. The summed E-state index contributed by atoms with van der Waals surface area (Å²) >= 11 is -1.03. The van der Waals surface area contributed by atoms with Gasteiger partial charge in [0.1, 0.15) is 0 Å². The Kier molecular flexibility index (Phi) is 13.3. The van der Waals surface area contributed by atoms with E-state index in [1.165, 1.54) is 44.9 Å². The van der Waals surface area contributed by atoms with Crippen molar-refractivity contribution in [2.45, 2.75) is 71.6 Å². The fourth-order valence-corrected chi connectivity index (χ4v) is 2.50. The number of unbranched alkanes of at least 4 members (excludes halogenated alkanes) is 7. The normalized spacial score (nSPS) is 12.9. The number of hydrogen-bond donors (Lipinski definition) is 0. The monoisotopic (exact) mass is 248 g/mol. The molecule has 98 valence electrons. The minimum Gasteiger partial charge on any atom is -0.291 e. The zero-order chi connectivity index (χ0) is 12.1. The topological polar surface area (TPSA) is 26.3 Å². The van der Waals surface area contributed by atoms with Gasteiger partial charge in [-0.25, -0.2) is 4.21 Å². The van der Waals surface area contributed by atoms with Crippen LogP contribution in [0, 0.1) is 0 Å². The lowest BCUT2D eigenvalue weighted by molar-refractivity contribution is 0.346. The fraction of sp³-hybridized carbons (Fsp3) is 1.00. The first-order valence-electron chi connectivity index (χ1n) is 6.82. The molecule has 0 aliphatic carbocycles.